The summed E-state index contributed by atoms with van der Waals surface area (Å²) in [7, 11) is 1.45. The van der Waals surface area contributed by atoms with Crippen LogP contribution in [0, 0.1) is 22.7 Å². The van der Waals surface area contributed by atoms with Crippen molar-refractivity contribution in [2.45, 2.75) is 0 Å². The molecule has 0 aliphatic carbocycles. The molecule has 134 valence electrons. The maximum atomic E-state index is 10.0. The number of nitriles is 2. The Morgan fingerprint density at radius 3 is 2.39 bits per heavy atom. The SMILES string of the molecule is COc1nc(-c2c[nH]c3ccccc23)c(C#N)c(-c2ccccc2Cl)c1C#N. The van der Waals surface area contributed by atoms with Crippen LogP contribution in [0.1, 0.15) is 11.1 Å². The van der Waals surface area contributed by atoms with Crippen molar-refractivity contribution in [3.63, 3.8) is 0 Å². The van der Waals surface area contributed by atoms with Gasteiger partial charge in [-0.3, -0.25) is 0 Å². The standard InChI is InChI=1S/C22H13ClN4O/c1-28-22-16(11-25)20(14-7-2-4-8-18(14)23)15(10-24)21(27-22)17-12-26-19-9-5-3-6-13(17)19/h2-9,12,26H,1H3. The first kappa shape index (κ1) is 17.6. The lowest BCUT2D eigenvalue weighted by Crippen LogP contribution is -2.02. The number of aromatic amines is 1. The number of fused-ring (bicyclic) bond motifs is 1. The van der Waals surface area contributed by atoms with E-state index >= 15 is 0 Å². The highest BCUT2D eigenvalue weighted by atomic mass is 35.5. The van der Waals surface area contributed by atoms with Crippen molar-refractivity contribution in [2.75, 3.05) is 7.11 Å². The fraction of sp³-hybridized carbons (Fsp3) is 0.0455. The lowest BCUT2D eigenvalue weighted by atomic mass is 9.92. The van der Waals surface area contributed by atoms with E-state index in [1.54, 1.807) is 24.4 Å². The van der Waals surface area contributed by atoms with Gasteiger partial charge in [0.05, 0.1) is 18.4 Å². The number of hydrogen-bond donors (Lipinski definition) is 1. The van der Waals surface area contributed by atoms with E-state index in [1.807, 2.05) is 30.3 Å². The second kappa shape index (κ2) is 7.08. The van der Waals surface area contributed by atoms with Gasteiger partial charge >= 0.3 is 0 Å². The zero-order valence-electron chi connectivity index (χ0n) is 14.8. The van der Waals surface area contributed by atoms with Crippen LogP contribution in [0.2, 0.25) is 5.02 Å². The Hall–Kier alpha value is -3.80. The van der Waals surface area contributed by atoms with Crippen molar-refractivity contribution in [1.82, 2.24) is 9.97 Å². The van der Waals surface area contributed by atoms with Gasteiger partial charge in [-0.1, -0.05) is 48.0 Å². The smallest absolute Gasteiger partial charge is 0.232 e. The Kier molecular flexibility index (Phi) is 4.45. The lowest BCUT2D eigenvalue weighted by molar-refractivity contribution is 0.397. The number of hydrogen-bond acceptors (Lipinski definition) is 4. The number of benzene rings is 2. The van der Waals surface area contributed by atoms with Crippen LogP contribution < -0.4 is 4.74 Å². The van der Waals surface area contributed by atoms with Crippen molar-refractivity contribution >= 4 is 22.5 Å². The predicted molar refractivity (Wildman–Crippen MR) is 108 cm³/mol. The summed E-state index contributed by atoms with van der Waals surface area (Å²) >= 11 is 6.40. The van der Waals surface area contributed by atoms with Crippen molar-refractivity contribution in [1.29, 1.82) is 10.5 Å². The molecule has 0 saturated heterocycles. The average molecular weight is 385 g/mol. The minimum absolute atomic E-state index is 0.150. The Morgan fingerprint density at radius 1 is 0.964 bits per heavy atom. The largest absolute Gasteiger partial charge is 0.480 e. The summed E-state index contributed by atoms with van der Waals surface area (Å²) in [5.74, 6) is 0.150. The molecule has 0 aliphatic rings. The molecule has 4 aromatic rings. The first-order valence-corrected chi connectivity index (χ1v) is 8.81. The molecule has 2 heterocycles. The highest BCUT2D eigenvalue weighted by Gasteiger charge is 2.25. The molecule has 0 bridgehead atoms. The predicted octanol–water partition coefficient (Wildman–Crippen LogP) is 5.30. The van der Waals surface area contributed by atoms with Crippen LogP contribution >= 0.6 is 11.6 Å². The highest BCUT2D eigenvalue weighted by molar-refractivity contribution is 6.33. The molecule has 6 heteroatoms. The van der Waals surface area contributed by atoms with E-state index in [0.29, 0.717) is 21.8 Å². The van der Waals surface area contributed by atoms with Gasteiger partial charge in [-0.15, -0.1) is 0 Å². The quantitative estimate of drug-likeness (QED) is 0.519. The number of aromatic nitrogens is 2. The molecule has 2 aromatic carbocycles. The zero-order chi connectivity index (χ0) is 19.7. The molecule has 0 radical (unpaired) electrons. The van der Waals surface area contributed by atoms with Gasteiger partial charge in [0.15, 0.2) is 0 Å². The van der Waals surface area contributed by atoms with E-state index in [0.717, 1.165) is 16.5 Å². The molecule has 0 fully saturated rings. The molecule has 5 nitrogen and oxygen atoms in total. The molecule has 0 spiro atoms. The Bertz CT molecular complexity index is 1290. The van der Waals surface area contributed by atoms with E-state index in [1.165, 1.54) is 7.11 Å². The molecular weight excluding hydrogens is 372 g/mol. The molecular formula is C22H13ClN4O. The molecule has 0 saturated carbocycles. The van der Waals surface area contributed by atoms with Crippen LogP contribution in [0.25, 0.3) is 33.3 Å². The van der Waals surface area contributed by atoms with Crippen molar-refractivity contribution in [3.05, 3.63) is 70.9 Å². The number of nitrogens with zero attached hydrogens (tertiary/aromatic N) is 3. The maximum absolute atomic E-state index is 10.0. The Morgan fingerprint density at radius 2 is 1.68 bits per heavy atom. The summed E-state index contributed by atoms with van der Waals surface area (Å²) in [6.45, 7) is 0. The first-order valence-electron chi connectivity index (χ1n) is 8.43. The molecule has 0 unspecified atom stereocenters. The third-order valence-electron chi connectivity index (χ3n) is 4.57. The number of H-pyrrole nitrogens is 1. The molecule has 0 amide bonds. The highest BCUT2D eigenvalue weighted by Crippen LogP contribution is 2.41. The van der Waals surface area contributed by atoms with Gasteiger partial charge in [0, 0.05) is 38.8 Å². The summed E-state index contributed by atoms with van der Waals surface area (Å²) < 4.78 is 5.39. The van der Waals surface area contributed by atoms with Crippen LogP contribution in [0.15, 0.2) is 54.7 Å². The number of nitrogens with one attached hydrogen (secondary N) is 1. The summed E-state index contributed by atoms with van der Waals surface area (Å²) in [5.41, 5.74) is 3.56. The van der Waals surface area contributed by atoms with E-state index in [-0.39, 0.29) is 17.0 Å². The summed E-state index contributed by atoms with van der Waals surface area (Å²) in [6, 6.07) is 19.2. The Balaban J connectivity index is 2.15. The summed E-state index contributed by atoms with van der Waals surface area (Å²) in [4.78, 5) is 7.70. The Labute approximate surface area is 166 Å². The molecule has 0 atom stereocenters. The van der Waals surface area contributed by atoms with Gasteiger partial charge < -0.3 is 9.72 Å². The fourth-order valence-corrected chi connectivity index (χ4v) is 3.55. The monoisotopic (exact) mass is 384 g/mol. The van der Waals surface area contributed by atoms with Crippen LogP contribution in [-0.4, -0.2) is 17.1 Å². The third-order valence-corrected chi connectivity index (χ3v) is 4.90. The number of pyridine rings is 1. The molecule has 0 aliphatic heterocycles. The minimum atomic E-state index is 0.150. The van der Waals surface area contributed by atoms with E-state index in [2.05, 4.69) is 22.1 Å². The maximum Gasteiger partial charge on any atom is 0.232 e. The normalized spacial score (nSPS) is 10.4. The number of methoxy groups -OCH3 is 1. The number of para-hydroxylation sites is 1. The van der Waals surface area contributed by atoms with Crippen molar-refractivity contribution < 1.29 is 4.74 Å². The third kappa shape index (κ3) is 2.66. The first-order chi connectivity index (χ1) is 13.7. The van der Waals surface area contributed by atoms with Gasteiger partial charge in [-0.05, 0) is 12.1 Å². The fourth-order valence-electron chi connectivity index (χ4n) is 3.32. The number of ether oxygens (including phenoxy) is 1. The molecule has 28 heavy (non-hydrogen) atoms. The average Bonchev–Trinajstić information content (AvgIpc) is 3.16. The zero-order valence-corrected chi connectivity index (χ0v) is 15.6. The van der Waals surface area contributed by atoms with E-state index in [4.69, 9.17) is 16.3 Å². The van der Waals surface area contributed by atoms with Crippen LogP contribution in [0.4, 0.5) is 0 Å². The van der Waals surface area contributed by atoms with Crippen molar-refractivity contribution in [2.24, 2.45) is 0 Å². The minimum Gasteiger partial charge on any atom is -0.480 e. The van der Waals surface area contributed by atoms with Gasteiger partial charge in [-0.2, -0.15) is 10.5 Å². The summed E-state index contributed by atoms with van der Waals surface area (Å²) in [6.07, 6.45) is 1.80. The number of rotatable bonds is 3. The second-order valence-corrected chi connectivity index (χ2v) is 6.45. The van der Waals surface area contributed by atoms with Crippen LogP contribution in [-0.2, 0) is 0 Å². The lowest BCUT2D eigenvalue weighted by Gasteiger charge is -2.15. The van der Waals surface area contributed by atoms with E-state index < -0.39 is 0 Å². The molecule has 4 rings (SSSR count). The molecule has 2 aromatic heterocycles. The van der Waals surface area contributed by atoms with Crippen LogP contribution in [0.3, 0.4) is 0 Å². The van der Waals surface area contributed by atoms with Gasteiger partial charge in [0.25, 0.3) is 0 Å². The van der Waals surface area contributed by atoms with Gasteiger partial charge in [0.1, 0.15) is 17.7 Å². The van der Waals surface area contributed by atoms with Crippen molar-refractivity contribution in [3.8, 4) is 40.4 Å². The molecule has 1 N–H and O–H groups in total. The van der Waals surface area contributed by atoms with E-state index in [9.17, 15) is 10.5 Å². The topological polar surface area (TPSA) is 85.5 Å². The second-order valence-electron chi connectivity index (χ2n) is 6.05. The van der Waals surface area contributed by atoms with Gasteiger partial charge in [0.2, 0.25) is 5.88 Å². The number of halogens is 1. The summed E-state index contributed by atoms with van der Waals surface area (Å²) in [5, 5.41) is 21.1. The van der Waals surface area contributed by atoms with Crippen LogP contribution in [0.5, 0.6) is 5.88 Å². The van der Waals surface area contributed by atoms with Gasteiger partial charge in [-0.25, -0.2) is 4.98 Å².